The summed E-state index contributed by atoms with van der Waals surface area (Å²) in [5.41, 5.74) is 0.574. The van der Waals surface area contributed by atoms with Crippen LogP contribution in [-0.2, 0) is 9.59 Å². The molecule has 0 bridgehead atoms. The van der Waals surface area contributed by atoms with E-state index in [0.29, 0.717) is 5.57 Å². The minimum atomic E-state index is -0.266. The molecule has 1 rings (SSSR count). The van der Waals surface area contributed by atoms with Crippen LogP contribution in [0.25, 0.3) is 0 Å². The van der Waals surface area contributed by atoms with E-state index in [1.54, 1.807) is 19.9 Å². The van der Waals surface area contributed by atoms with Gasteiger partial charge in [-0.1, -0.05) is 6.08 Å². The molecule has 3 heteroatoms. The maximum absolute atomic E-state index is 10.8. The number of hydrogen-bond acceptors (Lipinski definition) is 2. The number of carbonyl (C=O) groups is 2. The first kappa shape index (κ1) is 6.99. The van der Waals surface area contributed by atoms with Gasteiger partial charge in [0.2, 0.25) is 5.91 Å². The summed E-state index contributed by atoms with van der Waals surface area (Å²) in [4.78, 5) is 21.6. The molecule has 1 aliphatic rings. The molecule has 0 aromatic carbocycles. The van der Waals surface area contributed by atoms with Gasteiger partial charge < -0.3 is 0 Å². The molecule has 3 nitrogen and oxygen atoms in total. The second kappa shape index (κ2) is 2.25. The van der Waals surface area contributed by atoms with Gasteiger partial charge in [0, 0.05) is 5.57 Å². The van der Waals surface area contributed by atoms with Crippen molar-refractivity contribution in [3.05, 3.63) is 11.6 Å². The second-order valence-corrected chi connectivity index (χ2v) is 2.28. The fourth-order valence-corrected chi connectivity index (χ4v) is 1.01. The van der Waals surface area contributed by atoms with Crippen molar-refractivity contribution in [2.45, 2.75) is 13.8 Å². The van der Waals surface area contributed by atoms with Gasteiger partial charge in [-0.05, 0) is 13.8 Å². The summed E-state index contributed by atoms with van der Waals surface area (Å²) in [6.45, 7) is 3.47. The largest absolute Gasteiger partial charge is 0.292 e. The fourth-order valence-electron chi connectivity index (χ4n) is 1.01. The molecule has 1 N–H and O–H groups in total. The smallest absolute Gasteiger partial charge is 0.254 e. The molecule has 54 valence electrons. The normalized spacial score (nSPS) is 29.4. The summed E-state index contributed by atoms with van der Waals surface area (Å²) < 4.78 is 0. The van der Waals surface area contributed by atoms with Gasteiger partial charge in [-0.15, -0.1) is 0 Å². The Kier molecular flexibility index (Phi) is 1.57. The first-order valence-corrected chi connectivity index (χ1v) is 3.18. The molecule has 2 amide bonds. The minimum Gasteiger partial charge on any atom is -0.292 e. The molecule has 10 heavy (non-hydrogen) atoms. The van der Waals surface area contributed by atoms with Gasteiger partial charge in [0.15, 0.2) is 0 Å². The third-order valence-electron chi connectivity index (χ3n) is 1.67. The van der Waals surface area contributed by atoms with Crippen molar-refractivity contribution in [1.29, 1.82) is 0 Å². The molecule has 1 fully saturated rings. The minimum absolute atomic E-state index is 0.196. The average molecular weight is 139 g/mol. The number of rotatable bonds is 0. The third-order valence-corrected chi connectivity index (χ3v) is 1.67. The van der Waals surface area contributed by atoms with Gasteiger partial charge in [-0.3, -0.25) is 14.9 Å². The van der Waals surface area contributed by atoms with E-state index in [0.717, 1.165) is 0 Å². The highest BCUT2D eigenvalue weighted by molar-refractivity contribution is 6.14. The van der Waals surface area contributed by atoms with Crippen LogP contribution in [0.5, 0.6) is 0 Å². The SMILES string of the molecule is CC=C1C(=O)NC(=O)[C@H]1C. The predicted octanol–water partition coefficient (Wildman–Crippen LogP) is 0.225. The lowest BCUT2D eigenvalue weighted by molar-refractivity contribution is -0.125. The van der Waals surface area contributed by atoms with Crippen molar-refractivity contribution < 1.29 is 9.59 Å². The van der Waals surface area contributed by atoms with Crippen LogP contribution in [-0.4, -0.2) is 11.8 Å². The molecule has 1 aliphatic heterocycles. The highest BCUT2D eigenvalue weighted by Crippen LogP contribution is 2.16. The highest BCUT2D eigenvalue weighted by atomic mass is 16.2. The summed E-state index contributed by atoms with van der Waals surface area (Å²) >= 11 is 0. The van der Waals surface area contributed by atoms with E-state index in [4.69, 9.17) is 0 Å². The Hall–Kier alpha value is -1.12. The molecular formula is C7H9NO2. The van der Waals surface area contributed by atoms with E-state index in [9.17, 15) is 9.59 Å². The molecule has 1 heterocycles. The van der Waals surface area contributed by atoms with Crippen LogP contribution < -0.4 is 5.32 Å². The summed E-state index contributed by atoms with van der Waals surface area (Å²) in [7, 11) is 0. The standard InChI is InChI=1S/C7H9NO2/c1-3-5-4(2)6(9)8-7(5)10/h3-4H,1-2H3,(H,8,9,10)/t4-/m0/s1. The summed E-state index contributed by atoms with van der Waals surface area (Å²) in [6.07, 6.45) is 1.67. The van der Waals surface area contributed by atoms with Crippen molar-refractivity contribution in [3.8, 4) is 0 Å². The molecule has 1 saturated heterocycles. The molecule has 0 aliphatic carbocycles. The van der Waals surface area contributed by atoms with Crippen LogP contribution in [0.4, 0.5) is 0 Å². The van der Waals surface area contributed by atoms with Gasteiger partial charge in [0.1, 0.15) is 0 Å². The Morgan fingerprint density at radius 2 is 2.10 bits per heavy atom. The Morgan fingerprint density at radius 1 is 1.50 bits per heavy atom. The lowest BCUT2D eigenvalue weighted by Crippen LogP contribution is -2.21. The number of nitrogens with one attached hydrogen (secondary N) is 1. The molecular weight excluding hydrogens is 130 g/mol. The summed E-state index contributed by atoms with van der Waals surface area (Å²) in [6, 6.07) is 0. The van der Waals surface area contributed by atoms with E-state index in [1.165, 1.54) is 0 Å². The van der Waals surface area contributed by atoms with E-state index in [2.05, 4.69) is 5.32 Å². The quantitative estimate of drug-likeness (QED) is 0.385. The lowest BCUT2D eigenvalue weighted by Gasteiger charge is -1.94. The molecule has 0 unspecified atom stereocenters. The topological polar surface area (TPSA) is 46.2 Å². The lowest BCUT2D eigenvalue weighted by atomic mass is 10.0. The Morgan fingerprint density at radius 3 is 2.30 bits per heavy atom. The maximum atomic E-state index is 10.8. The molecule has 0 spiro atoms. The zero-order valence-corrected chi connectivity index (χ0v) is 5.97. The van der Waals surface area contributed by atoms with Crippen molar-refractivity contribution >= 4 is 11.8 Å². The Labute approximate surface area is 59.1 Å². The van der Waals surface area contributed by atoms with Crippen molar-refractivity contribution in [2.24, 2.45) is 5.92 Å². The van der Waals surface area contributed by atoms with Crippen LogP contribution in [0.1, 0.15) is 13.8 Å². The predicted molar refractivity (Wildman–Crippen MR) is 36.1 cm³/mol. The number of hydrogen-bond donors (Lipinski definition) is 1. The van der Waals surface area contributed by atoms with Crippen LogP contribution in [0, 0.1) is 5.92 Å². The van der Waals surface area contributed by atoms with Gasteiger partial charge in [-0.2, -0.15) is 0 Å². The van der Waals surface area contributed by atoms with E-state index in [-0.39, 0.29) is 17.7 Å². The third kappa shape index (κ3) is 0.835. The number of allylic oxidation sites excluding steroid dienone is 1. The van der Waals surface area contributed by atoms with Gasteiger partial charge in [-0.25, -0.2) is 0 Å². The van der Waals surface area contributed by atoms with Crippen LogP contribution in [0.2, 0.25) is 0 Å². The van der Waals surface area contributed by atoms with Crippen LogP contribution >= 0.6 is 0 Å². The van der Waals surface area contributed by atoms with Crippen LogP contribution in [0.3, 0.4) is 0 Å². The van der Waals surface area contributed by atoms with Crippen molar-refractivity contribution in [1.82, 2.24) is 5.32 Å². The maximum Gasteiger partial charge on any atom is 0.254 e. The number of carbonyl (C=O) groups excluding carboxylic acids is 2. The monoisotopic (exact) mass is 139 g/mol. The first-order chi connectivity index (χ1) is 4.66. The first-order valence-electron chi connectivity index (χ1n) is 3.18. The average Bonchev–Trinajstić information content (AvgIpc) is 2.09. The van der Waals surface area contributed by atoms with Crippen molar-refractivity contribution in [3.63, 3.8) is 0 Å². The Balaban J connectivity index is 2.95. The zero-order valence-electron chi connectivity index (χ0n) is 5.97. The molecule has 0 aromatic heterocycles. The molecule has 1 atom stereocenters. The molecule has 0 aromatic rings. The Bertz CT molecular complexity index is 218. The highest BCUT2D eigenvalue weighted by Gasteiger charge is 2.31. The van der Waals surface area contributed by atoms with Crippen molar-refractivity contribution in [2.75, 3.05) is 0 Å². The zero-order chi connectivity index (χ0) is 7.72. The fraction of sp³-hybridized carbons (Fsp3) is 0.429. The summed E-state index contributed by atoms with van der Waals surface area (Å²) in [5, 5.41) is 2.22. The van der Waals surface area contributed by atoms with E-state index >= 15 is 0 Å². The number of imide groups is 1. The molecule has 0 saturated carbocycles. The molecule has 0 radical (unpaired) electrons. The van der Waals surface area contributed by atoms with Gasteiger partial charge in [0.25, 0.3) is 5.91 Å². The van der Waals surface area contributed by atoms with Gasteiger partial charge >= 0.3 is 0 Å². The summed E-state index contributed by atoms with van der Waals surface area (Å²) in [5.74, 6) is -0.712. The van der Waals surface area contributed by atoms with Gasteiger partial charge in [0.05, 0.1) is 5.92 Å². The number of amides is 2. The second-order valence-electron chi connectivity index (χ2n) is 2.28. The van der Waals surface area contributed by atoms with Crippen LogP contribution in [0.15, 0.2) is 11.6 Å². The van der Waals surface area contributed by atoms with E-state index < -0.39 is 0 Å². The van der Waals surface area contributed by atoms with E-state index in [1.807, 2.05) is 0 Å².